The Kier molecular flexibility index (Phi) is 5.77. The number of carbonyl (C=O) groups is 2. The molecule has 1 aliphatic rings. The van der Waals surface area contributed by atoms with Crippen LogP contribution in [0.5, 0.6) is 0 Å². The van der Waals surface area contributed by atoms with Crippen molar-refractivity contribution in [1.82, 2.24) is 20.1 Å². The summed E-state index contributed by atoms with van der Waals surface area (Å²) in [7, 11) is 0. The van der Waals surface area contributed by atoms with E-state index < -0.39 is 12.0 Å². The first-order valence-electron chi connectivity index (χ1n) is 9.33. The molecule has 1 aromatic carbocycles. The smallest absolute Gasteiger partial charge is 0.338 e. The minimum atomic E-state index is -0.470. The molecule has 0 saturated heterocycles. The number of hydrogen-bond acceptors (Lipinski definition) is 6. The molecule has 1 N–H and O–H groups in total. The molecule has 0 bridgehead atoms. The number of fused-ring (bicyclic) bond motifs is 1. The standard InChI is InChI=1S/C20H25N5O3/c1-5-28-19(27)17-14(4)24(11-16(26)23-13(2)3)20-21-12-22-25(20)18(17)15-9-7-6-8-10-15/h6-10,12-13,18H,5,11H2,1-4H3,(H,23,26)/t18-/m1/s1. The summed E-state index contributed by atoms with van der Waals surface area (Å²) in [6.07, 6.45) is 1.43. The van der Waals surface area contributed by atoms with Crippen LogP contribution in [0.2, 0.25) is 0 Å². The van der Waals surface area contributed by atoms with Crippen LogP contribution in [0, 0.1) is 0 Å². The van der Waals surface area contributed by atoms with E-state index in [0.717, 1.165) is 5.56 Å². The zero-order valence-electron chi connectivity index (χ0n) is 16.5. The Balaban J connectivity index is 2.10. The van der Waals surface area contributed by atoms with Gasteiger partial charge in [-0.2, -0.15) is 10.1 Å². The lowest BCUT2D eigenvalue weighted by atomic mass is 9.95. The van der Waals surface area contributed by atoms with Crippen molar-refractivity contribution in [3.05, 3.63) is 53.5 Å². The summed E-state index contributed by atoms with van der Waals surface area (Å²) in [4.78, 5) is 31.3. The number of allylic oxidation sites excluding steroid dienone is 1. The highest BCUT2D eigenvalue weighted by Gasteiger charge is 2.38. The second kappa shape index (κ2) is 8.24. The molecule has 8 heteroatoms. The number of anilines is 1. The molecule has 1 atom stereocenters. The summed E-state index contributed by atoms with van der Waals surface area (Å²) in [5.41, 5.74) is 1.97. The van der Waals surface area contributed by atoms with E-state index in [-0.39, 0.29) is 25.1 Å². The van der Waals surface area contributed by atoms with Crippen LogP contribution in [0.25, 0.3) is 0 Å². The maximum Gasteiger partial charge on any atom is 0.338 e. The van der Waals surface area contributed by atoms with Crippen molar-refractivity contribution < 1.29 is 14.3 Å². The second-order valence-corrected chi connectivity index (χ2v) is 6.85. The van der Waals surface area contributed by atoms with Gasteiger partial charge in [0.2, 0.25) is 11.9 Å². The summed E-state index contributed by atoms with van der Waals surface area (Å²) in [5.74, 6) is -0.0761. The molecular weight excluding hydrogens is 358 g/mol. The maximum absolute atomic E-state index is 12.9. The summed E-state index contributed by atoms with van der Waals surface area (Å²) in [6, 6.07) is 9.15. The van der Waals surface area contributed by atoms with Crippen LogP contribution < -0.4 is 10.2 Å². The molecule has 2 heterocycles. The lowest BCUT2D eigenvalue weighted by Crippen LogP contribution is -2.44. The van der Waals surface area contributed by atoms with E-state index in [9.17, 15) is 9.59 Å². The molecule has 0 aliphatic carbocycles. The molecule has 1 aromatic heterocycles. The van der Waals surface area contributed by atoms with Gasteiger partial charge in [0.15, 0.2) is 0 Å². The lowest BCUT2D eigenvalue weighted by molar-refractivity contribution is -0.139. The molecular formula is C20H25N5O3. The molecule has 1 aliphatic heterocycles. The van der Waals surface area contributed by atoms with Crippen LogP contribution in [0.1, 0.15) is 39.3 Å². The van der Waals surface area contributed by atoms with Gasteiger partial charge in [0.05, 0.1) is 12.2 Å². The highest BCUT2D eigenvalue weighted by molar-refractivity contribution is 5.93. The predicted molar refractivity (Wildman–Crippen MR) is 105 cm³/mol. The van der Waals surface area contributed by atoms with Gasteiger partial charge in [0.25, 0.3) is 0 Å². The lowest BCUT2D eigenvalue weighted by Gasteiger charge is -2.35. The molecule has 0 spiro atoms. The van der Waals surface area contributed by atoms with E-state index in [1.807, 2.05) is 51.1 Å². The van der Waals surface area contributed by atoms with Gasteiger partial charge in [-0.1, -0.05) is 30.3 Å². The zero-order chi connectivity index (χ0) is 20.3. The fraction of sp³-hybridized carbons (Fsp3) is 0.400. The molecule has 28 heavy (non-hydrogen) atoms. The van der Waals surface area contributed by atoms with E-state index in [0.29, 0.717) is 17.2 Å². The minimum absolute atomic E-state index is 0.0149. The van der Waals surface area contributed by atoms with Crippen molar-refractivity contribution in [1.29, 1.82) is 0 Å². The van der Waals surface area contributed by atoms with Gasteiger partial charge >= 0.3 is 5.97 Å². The topological polar surface area (TPSA) is 89.3 Å². The fourth-order valence-corrected chi connectivity index (χ4v) is 3.35. The third kappa shape index (κ3) is 3.76. The van der Waals surface area contributed by atoms with Crippen LogP contribution in [0.3, 0.4) is 0 Å². The zero-order valence-corrected chi connectivity index (χ0v) is 16.5. The Hall–Kier alpha value is -3.16. The summed E-state index contributed by atoms with van der Waals surface area (Å²) in [5, 5.41) is 7.22. The van der Waals surface area contributed by atoms with Crippen LogP contribution in [0.15, 0.2) is 47.9 Å². The predicted octanol–water partition coefficient (Wildman–Crippen LogP) is 2.05. The summed E-state index contributed by atoms with van der Waals surface area (Å²) in [6.45, 7) is 7.66. The van der Waals surface area contributed by atoms with Gasteiger partial charge in [-0.05, 0) is 33.3 Å². The molecule has 8 nitrogen and oxygen atoms in total. The van der Waals surface area contributed by atoms with E-state index in [2.05, 4.69) is 15.4 Å². The van der Waals surface area contributed by atoms with Crippen LogP contribution in [0.4, 0.5) is 5.95 Å². The van der Waals surface area contributed by atoms with E-state index in [1.54, 1.807) is 16.5 Å². The van der Waals surface area contributed by atoms with Crippen molar-refractivity contribution in [2.75, 3.05) is 18.1 Å². The highest BCUT2D eigenvalue weighted by Crippen LogP contribution is 2.38. The monoisotopic (exact) mass is 383 g/mol. The molecule has 0 radical (unpaired) electrons. The Morgan fingerprint density at radius 2 is 1.96 bits per heavy atom. The molecule has 0 fully saturated rings. The van der Waals surface area contributed by atoms with Crippen LogP contribution in [-0.4, -0.2) is 45.8 Å². The number of hydrogen-bond donors (Lipinski definition) is 1. The number of carbonyl (C=O) groups excluding carboxylic acids is 2. The Bertz CT molecular complexity index is 888. The number of ether oxygens (including phenoxy) is 1. The van der Waals surface area contributed by atoms with Gasteiger partial charge in [-0.15, -0.1) is 0 Å². The second-order valence-electron chi connectivity index (χ2n) is 6.85. The van der Waals surface area contributed by atoms with E-state index in [1.165, 1.54) is 6.33 Å². The number of aromatic nitrogens is 3. The van der Waals surface area contributed by atoms with Gasteiger partial charge in [0, 0.05) is 11.7 Å². The van der Waals surface area contributed by atoms with Gasteiger partial charge in [-0.25, -0.2) is 9.48 Å². The SMILES string of the molecule is CCOC(=O)C1=C(C)N(CC(=O)NC(C)C)c2ncnn2[C@@H]1c1ccccc1. The van der Waals surface area contributed by atoms with Crippen LogP contribution in [-0.2, 0) is 14.3 Å². The molecule has 2 aromatic rings. The number of rotatable bonds is 6. The fourth-order valence-electron chi connectivity index (χ4n) is 3.35. The van der Waals surface area contributed by atoms with E-state index in [4.69, 9.17) is 4.74 Å². The van der Waals surface area contributed by atoms with Crippen molar-refractivity contribution in [3.8, 4) is 0 Å². The normalized spacial score (nSPS) is 16.2. The minimum Gasteiger partial charge on any atom is -0.463 e. The van der Waals surface area contributed by atoms with Crippen LogP contribution >= 0.6 is 0 Å². The molecule has 148 valence electrons. The first-order valence-corrected chi connectivity index (χ1v) is 9.33. The first kappa shape index (κ1) is 19.6. The maximum atomic E-state index is 12.9. The molecule has 0 unspecified atom stereocenters. The average Bonchev–Trinajstić information content (AvgIpc) is 3.13. The highest BCUT2D eigenvalue weighted by atomic mass is 16.5. The molecule has 1 amide bonds. The third-order valence-electron chi connectivity index (χ3n) is 4.47. The van der Waals surface area contributed by atoms with Crippen molar-refractivity contribution >= 4 is 17.8 Å². The number of amides is 1. The largest absolute Gasteiger partial charge is 0.463 e. The van der Waals surface area contributed by atoms with Crippen molar-refractivity contribution in [2.24, 2.45) is 0 Å². The number of esters is 1. The average molecular weight is 383 g/mol. The van der Waals surface area contributed by atoms with Crippen molar-refractivity contribution in [3.63, 3.8) is 0 Å². The third-order valence-corrected chi connectivity index (χ3v) is 4.47. The number of nitrogens with one attached hydrogen (secondary N) is 1. The molecule has 3 rings (SSSR count). The summed E-state index contributed by atoms with van der Waals surface area (Å²) < 4.78 is 6.99. The van der Waals surface area contributed by atoms with Gasteiger partial charge in [0.1, 0.15) is 18.9 Å². The van der Waals surface area contributed by atoms with Crippen molar-refractivity contribution in [2.45, 2.75) is 39.8 Å². The Morgan fingerprint density at radius 3 is 2.61 bits per heavy atom. The first-order chi connectivity index (χ1) is 13.4. The summed E-state index contributed by atoms with van der Waals surface area (Å²) >= 11 is 0. The number of nitrogens with zero attached hydrogens (tertiary/aromatic N) is 4. The quantitative estimate of drug-likeness (QED) is 0.768. The number of benzene rings is 1. The Labute approximate surface area is 164 Å². The van der Waals surface area contributed by atoms with Gasteiger partial charge < -0.3 is 15.0 Å². The van der Waals surface area contributed by atoms with E-state index >= 15 is 0 Å². The van der Waals surface area contributed by atoms with Gasteiger partial charge in [-0.3, -0.25) is 4.79 Å². The Morgan fingerprint density at radius 1 is 1.25 bits per heavy atom. The molecule has 0 saturated carbocycles.